The number of hydrogen-bond donors (Lipinski definition) is 2. The van der Waals surface area contributed by atoms with Crippen molar-refractivity contribution in [3.8, 4) is 0 Å². The van der Waals surface area contributed by atoms with Gasteiger partial charge >= 0.3 is 0 Å². The van der Waals surface area contributed by atoms with E-state index >= 15 is 0 Å². The van der Waals surface area contributed by atoms with Crippen LogP contribution in [0.2, 0.25) is 0 Å². The maximum atomic E-state index is 12.3. The van der Waals surface area contributed by atoms with Crippen molar-refractivity contribution < 1.29 is 10.1 Å². The number of anilines is 1. The molecule has 1 saturated carbocycles. The van der Waals surface area contributed by atoms with E-state index in [-0.39, 0.29) is 11.9 Å². The second-order valence-electron chi connectivity index (χ2n) is 7.00. The van der Waals surface area contributed by atoms with Crippen LogP contribution in [0.5, 0.6) is 0 Å². The van der Waals surface area contributed by atoms with Crippen molar-refractivity contribution in [2.75, 3.05) is 5.32 Å². The van der Waals surface area contributed by atoms with Gasteiger partial charge in [-0.3, -0.25) is 4.79 Å². The van der Waals surface area contributed by atoms with Crippen molar-refractivity contribution >= 4 is 11.6 Å². The van der Waals surface area contributed by atoms with E-state index in [0.29, 0.717) is 12.0 Å². The van der Waals surface area contributed by atoms with Gasteiger partial charge in [-0.25, -0.2) is 0 Å². The number of nitrogens with two attached hydrogens (primary N) is 1. The van der Waals surface area contributed by atoms with Crippen molar-refractivity contribution in [1.82, 2.24) is 0 Å². The van der Waals surface area contributed by atoms with Crippen LogP contribution in [0.15, 0.2) is 24.3 Å². The lowest BCUT2D eigenvalue weighted by Crippen LogP contribution is -2.96. The van der Waals surface area contributed by atoms with E-state index in [1.54, 1.807) is 0 Å². The molecule has 0 saturated heterocycles. The first-order valence-corrected chi connectivity index (χ1v) is 8.82. The molecule has 0 aliphatic heterocycles. The topological polar surface area (TPSA) is 45.7 Å². The van der Waals surface area contributed by atoms with Crippen LogP contribution in [-0.4, -0.2) is 18.0 Å². The smallest absolute Gasteiger partial charge is 0.282 e. The van der Waals surface area contributed by atoms with E-state index < -0.39 is 0 Å². The average molecular weight is 303 g/mol. The minimum absolute atomic E-state index is 0.0205. The molecule has 122 valence electrons. The van der Waals surface area contributed by atoms with Gasteiger partial charge in [0.2, 0.25) is 0 Å². The number of quaternary nitrogens is 1. The highest BCUT2D eigenvalue weighted by Crippen LogP contribution is 2.17. The Morgan fingerprint density at radius 1 is 1.05 bits per heavy atom. The molecule has 1 aliphatic rings. The molecule has 1 atom stereocenters. The predicted octanol–water partition coefficient (Wildman–Crippen LogP) is 3.42. The maximum Gasteiger partial charge on any atom is 0.282 e. The summed E-state index contributed by atoms with van der Waals surface area (Å²) in [6, 6.07) is 8.80. The van der Waals surface area contributed by atoms with Crippen LogP contribution in [0, 0.1) is 0 Å². The van der Waals surface area contributed by atoms with E-state index in [2.05, 4.69) is 36.6 Å². The van der Waals surface area contributed by atoms with E-state index in [4.69, 9.17) is 0 Å². The van der Waals surface area contributed by atoms with Gasteiger partial charge in [0.05, 0.1) is 6.04 Å². The van der Waals surface area contributed by atoms with Gasteiger partial charge in [0.1, 0.15) is 0 Å². The molecule has 0 aromatic heterocycles. The molecule has 3 N–H and O–H groups in total. The Morgan fingerprint density at radius 2 is 1.64 bits per heavy atom. The van der Waals surface area contributed by atoms with Gasteiger partial charge in [-0.1, -0.05) is 38.8 Å². The summed E-state index contributed by atoms with van der Waals surface area (Å²) in [5, 5.41) is 5.31. The molecule has 0 spiro atoms. The van der Waals surface area contributed by atoms with Crippen molar-refractivity contribution in [1.29, 1.82) is 0 Å². The summed E-state index contributed by atoms with van der Waals surface area (Å²) >= 11 is 0. The second-order valence-corrected chi connectivity index (χ2v) is 7.00. The van der Waals surface area contributed by atoms with Gasteiger partial charge in [0.25, 0.3) is 5.91 Å². The van der Waals surface area contributed by atoms with Crippen molar-refractivity contribution in [2.24, 2.45) is 0 Å². The highest BCUT2D eigenvalue weighted by molar-refractivity contribution is 5.93. The summed E-state index contributed by atoms with van der Waals surface area (Å²) in [4.78, 5) is 12.3. The molecule has 0 heterocycles. The zero-order chi connectivity index (χ0) is 15.9. The van der Waals surface area contributed by atoms with Gasteiger partial charge in [-0.2, -0.15) is 0 Å². The Balaban J connectivity index is 1.84. The van der Waals surface area contributed by atoms with Gasteiger partial charge in [-0.05, 0) is 56.2 Å². The Bertz CT molecular complexity index is 459. The first-order valence-electron chi connectivity index (χ1n) is 8.82. The SMILES string of the molecule is CC(C)c1ccc(NC(=O)[C@@H](C)[NH2+]C2CCCCCC2)cc1. The van der Waals surface area contributed by atoms with Crippen LogP contribution >= 0.6 is 0 Å². The Kier molecular flexibility index (Phi) is 6.44. The summed E-state index contributed by atoms with van der Waals surface area (Å²) in [5.74, 6) is 0.633. The predicted molar refractivity (Wildman–Crippen MR) is 92.0 cm³/mol. The van der Waals surface area contributed by atoms with Gasteiger partial charge in [0.15, 0.2) is 6.04 Å². The van der Waals surface area contributed by atoms with Gasteiger partial charge in [0, 0.05) is 5.69 Å². The normalized spacial score (nSPS) is 18.0. The molecule has 1 amide bonds. The van der Waals surface area contributed by atoms with Crippen LogP contribution < -0.4 is 10.6 Å². The monoisotopic (exact) mass is 303 g/mol. The Morgan fingerprint density at radius 3 is 2.18 bits per heavy atom. The highest BCUT2D eigenvalue weighted by Gasteiger charge is 2.22. The van der Waals surface area contributed by atoms with Gasteiger partial charge < -0.3 is 10.6 Å². The summed E-state index contributed by atoms with van der Waals surface area (Å²) in [6.45, 7) is 6.37. The molecule has 0 unspecified atom stereocenters. The van der Waals surface area contributed by atoms with Gasteiger partial charge in [-0.15, -0.1) is 0 Å². The number of nitrogens with one attached hydrogen (secondary N) is 1. The number of hydrogen-bond acceptors (Lipinski definition) is 1. The lowest BCUT2D eigenvalue weighted by atomic mass is 10.0. The fourth-order valence-electron chi connectivity index (χ4n) is 3.21. The molecule has 1 aromatic carbocycles. The van der Waals surface area contributed by atoms with Crippen molar-refractivity contribution in [3.63, 3.8) is 0 Å². The Labute approximate surface area is 134 Å². The number of carbonyl (C=O) groups is 1. The third kappa shape index (κ3) is 5.13. The Hall–Kier alpha value is -1.35. The molecule has 1 aromatic rings. The minimum atomic E-state index is -0.0205. The summed E-state index contributed by atoms with van der Waals surface area (Å²) in [7, 11) is 0. The third-order valence-corrected chi connectivity index (χ3v) is 4.72. The van der Waals surface area contributed by atoms with Crippen LogP contribution in [0.1, 0.15) is 70.8 Å². The lowest BCUT2D eigenvalue weighted by molar-refractivity contribution is -0.707. The first kappa shape index (κ1) is 17.0. The minimum Gasteiger partial charge on any atom is -0.334 e. The van der Waals surface area contributed by atoms with Crippen LogP contribution in [0.25, 0.3) is 0 Å². The highest BCUT2D eigenvalue weighted by atomic mass is 16.2. The van der Waals surface area contributed by atoms with Crippen molar-refractivity contribution in [3.05, 3.63) is 29.8 Å². The molecule has 3 nitrogen and oxygen atoms in total. The molecule has 1 fully saturated rings. The lowest BCUT2D eigenvalue weighted by Gasteiger charge is -2.18. The van der Waals surface area contributed by atoms with E-state index in [1.807, 2.05) is 19.1 Å². The summed E-state index contributed by atoms with van der Waals surface area (Å²) in [6.07, 6.45) is 7.83. The van der Waals surface area contributed by atoms with Crippen molar-refractivity contribution in [2.45, 2.75) is 77.3 Å². The number of amides is 1. The first-order chi connectivity index (χ1) is 10.6. The zero-order valence-electron chi connectivity index (χ0n) is 14.3. The van der Waals surface area contributed by atoms with E-state index in [1.165, 1.54) is 44.1 Å². The molecular weight excluding hydrogens is 272 g/mol. The standard InChI is InChI=1S/C19H30N2O/c1-14(2)16-10-12-18(13-11-16)21-19(22)15(3)20-17-8-6-4-5-7-9-17/h10-15,17,20H,4-9H2,1-3H3,(H,21,22)/p+1/t15-/m1/s1. The molecule has 3 heteroatoms. The molecular formula is C19H31N2O+. The summed E-state index contributed by atoms with van der Waals surface area (Å²) in [5.41, 5.74) is 2.20. The zero-order valence-corrected chi connectivity index (χ0v) is 14.3. The molecule has 1 aliphatic carbocycles. The molecule has 2 rings (SSSR count). The second kappa shape index (κ2) is 8.33. The molecule has 0 radical (unpaired) electrons. The van der Waals surface area contributed by atoms with E-state index in [9.17, 15) is 4.79 Å². The quantitative estimate of drug-likeness (QED) is 0.804. The molecule has 0 bridgehead atoms. The molecule has 22 heavy (non-hydrogen) atoms. The fourth-order valence-corrected chi connectivity index (χ4v) is 3.21. The third-order valence-electron chi connectivity index (χ3n) is 4.72. The average Bonchev–Trinajstić information content (AvgIpc) is 2.76. The largest absolute Gasteiger partial charge is 0.334 e. The number of benzene rings is 1. The van der Waals surface area contributed by atoms with E-state index in [0.717, 1.165) is 5.69 Å². The summed E-state index contributed by atoms with van der Waals surface area (Å²) < 4.78 is 0. The maximum absolute atomic E-state index is 12.3. The van der Waals surface area contributed by atoms with Crippen LogP contribution in [-0.2, 0) is 4.79 Å². The number of carbonyl (C=O) groups excluding carboxylic acids is 1. The van der Waals surface area contributed by atoms with Crippen LogP contribution in [0.3, 0.4) is 0 Å². The number of rotatable bonds is 5. The fraction of sp³-hybridized carbons (Fsp3) is 0.632. The van der Waals surface area contributed by atoms with Crippen LogP contribution in [0.4, 0.5) is 5.69 Å².